The average Bonchev–Trinajstić information content (AvgIpc) is 2.34. The molecule has 17 heavy (non-hydrogen) atoms. The summed E-state index contributed by atoms with van der Waals surface area (Å²) < 4.78 is 10.5. The van der Waals surface area contributed by atoms with Gasteiger partial charge in [-0.15, -0.1) is 0 Å². The zero-order valence-corrected chi connectivity index (χ0v) is 10.6. The lowest BCUT2D eigenvalue weighted by Gasteiger charge is -2.21. The van der Waals surface area contributed by atoms with Gasteiger partial charge in [-0.2, -0.15) is 0 Å². The SMILES string of the molecule is O=C(Cc1ccc(Cl)cc1Cl)C1COCCO1. The number of Topliss-reactive ketones (excluding diaryl/α,β-unsaturated/α-hetero) is 1. The molecule has 5 heteroatoms. The van der Waals surface area contributed by atoms with Gasteiger partial charge in [-0.25, -0.2) is 0 Å². The Balaban J connectivity index is 2.02. The van der Waals surface area contributed by atoms with Crippen molar-refractivity contribution in [1.82, 2.24) is 0 Å². The molecule has 0 spiro atoms. The van der Waals surface area contributed by atoms with E-state index in [-0.39, 0.29) is 12.2 Å². The van der Waals surface area contributed by atoms with Gasteiger partial charge in [0, 0.05) is 16.5 Å². The van der Waals surface area contributed by atoms with Crippen LogP contribution in [0.2, 0.25) is 10.0 Å². The Bertz CT molecular complexity index is 414. The molecule has 1 aliphatic heterocycles. The number of hydrogen-bond donors (Lipinski definition) is 0. The van der Waals surface area contributed by atoms with Gasteiger partial charge in [0.1, 0.15) is 6.10 Å². The lowest BCUT2D eigenvalue weighted by molar-refractivity contribution is -0.144. The summed E-state index contributed by atoms with van der Waals surface area (Å²) in [6.07, 6.45) is -0.236. The molecule has 92 valence electrons. The fraction of sp³-hybridized carbons (Fsp3) is 0.417. The summed E-state index contributed by atoms with van der Waals surface area (Å²) in [4.78, 5) is 11.9. The predicted octanol–water partition coefficient (Wildman–Crippen LogP) is 2.52. The molecule has 0 aromatic heterocycles. The van der Waals surface area contributed by atoms with Gasteiger partial charge in [0.25, 0.3) is 0 Å². The Morgan fingerprint density at radius 3 is 2.82 bits per heavy atom. The summed E-state index contributed by atoms with van der Waals surface area (Å²) in [6.45, 7) is 1.33. The van der Waals surface area contributed by atoms with Gasteiger partial charge in [-0.1, -0.05) is 29.3 Å². The molecule has 0 saturated carbocycles. The molecule has 1 saturated heterocycles. The smallest absolute Gasteiger partial charge is 0.168 e. The van der Waals surface area contributed by atoms with Crippen LogP contribution in [0.5, 0.6) is 0 Å². The minimum atomic E-state index is -0.476. The largest absolute Gasteiger partial charge is 0.376 e. The van der Waals surface area contributed by atoms with Crippen molar-refractivity contribution in [2.45, 2.75) is 12.5 Å². The van der Waals surface area contributed by atoms with Gasteiger partial charge in [-0.05, 0) is 17.7 Å². The number of ether oxygens (including phenoxy) is 2. The number of benzene rings is 1. The minimum Gasteiger partial charge on any atom is -0.376 e. The van der Waals surface area contributed by atoms with Gasteiger partial charge in [-0.3, -0.25) is 4.79 Å². The van der Waals surface area contributed by atoms with Crippen molar-refractivity contribution in [2.24, 2.45) is 0 Å². The number of rotatable bonds is 3. The van der Waals surface area contributed by atoms with E-state index in [0.29, 0.717) is 29.9 Å². The monoisotopic (exact) mass is 274 g/mol. The van der Waals surface area contributed by atoms with Crippen LogP contribution in [0.3, 0.4) is 0 Å². The van der Waals surface area contributed by atoms with Crippen LogP contribution in [0.25, 0.3) is 0 Å². The Labute approximate surface area is 110 Å². The maximum atomic E-state index is 11.9. The van der Waals surface area contributed by atoms with Crippen LogP contribution in [0.4, 0.5) is 0 Å². The third-order valence-corrected chi connectivity index (χ3v) is 3.14. The van der Waals surface area contributed by atoms with E-state index < -0.39 is 6.10 Å². The molecular formula is C12H12Cl2O3. The highest BCUT2D eigenvalue weighted by Gasteiger charge is 2.23. The lowest BCUT2D eigenvalue weighted by atomic mass is 10.1. The minimum absolute atomic E-state index is 0.0195. The molecule has 2 rings (SSSR count). The van der Waals surface area contributed by atoms with Gasteiger partial charge in [0.15, 0.2) is 5.78 Å². The van der Waals surface area contributed by atoms with E-state index in [0.717, 1.165) is 5.56 Å². The Morgan fingerprint density at radius 1 is 1.35 bits per heavy atom. The van der Waals surface area contributed by atoms with Gasteiger partial charge in [0.2, 0.25) is 0 Å². The number of halogens is 2. The summed E-state index contributed by atoms with van der Waals surface area (Å²) in [5, 5.41) is 1.06. The summed E-state index contributed by atoms with van der Waals surface area (Å²) in [7, 11) is 0. The zero-order chi connectivity index (χ0) is 12.3. The molecule has 0 aliphatic carbocycles. The van der Waals surface area contributed by atoms with Crippen molar-refractivity contribution in [2.75, 3.05) is 19.8 Å². The molecule has 1 aliphatic rings. The van der Waals surface area contributed by atoms with E-state index in [1.807, 2.05) is 0 Å². The second kappa shape index (κ2) is 5.83. The maximum absolute atomic E-state index is 11.9. The first-order chi connectivity index (χ1) is 8.16. The summed E-state index contributed by atoms with van der Waals surface area (Å²) in [5.41, 5.74) is 0.759. The fourth-order valence-electron chi connectivity index (χ4n) is 1.64. The van der Waals surface area contributed by atoms with Crippen molar-refractivity contribution in [3.8, 4) is 0 Å². The van der Waals surface area contributed by atoms with Gasteiger partial charge >= 0.3 is 0 Å². The van der Waals surface area contributed by atoms with Crippen molar-refractivity contribution >= 4 is 29.0 Å². The molecule has 1 aromatic carbocycles. The third-order valence-electron chi connectivity index (χ3n) is 2.55. The Hall–Kier alpha value is -0.610. The maximum Gasteiger partial charge on any atom is 0.168 e. The van der Waals surface area contributed by atoms with E-state index in [1.54, 1.807) is 18.2 Å². The van der Waals surface area contributed by atoms with E-state index >= 15 is 0 Å². The Kier molecular flexibility index (Phi) is 4.40. The fourth-order valence-corrected chi connectivity index (χ4v) is 2.12. The first-order valence-electron chi connectivity index (χ1n) is 5.33. The molecule has 0 N–H and O–H groups in total. The van der Waals surface area contributed by atoms with E-state index in [1.165, 1.54) is 0 Å². The summed E-state index contributed by atoms with van der Waals surface area (Å²) >= 11 is 11.8. The highest BCUT2D eigenvalue weighted by atomic mass is 35.5. The van der Waals surface area contributed by atoms with E-state index in [9.17, 15) is 4.79 Å². The number of carbonyl (C=O) groups is 1. The van der Waals surface area contributed by atoms with E-state index in [4.69, 9.17) is 32.7 Å². The molecule has 1 aromatic rings. The summed E-state index contributed by atoms with van der Waals surface area (Å²) in [6, 6.07) is 5.10. The molecule has 1 atom stereocenters. The number of hydrogen-bond acceptors (Lipinski definition) is 3. The standard InChI is InChI=1S/C12H12Cl2O3/c13-9-2-1-8(10(14)6-9)5-11(15)12-7-16-3-4-17-12/h1-2,6,12H,3-5,7H2. The van der Waals surface area contributed by atoms with Crippen LogP contribution >= 0.6 is 23.2 Å². The second-order valence-corrected chi connectivity index (χ2v) is 4.66. The molecule has 0 radical (unpaired) electrons. The molecular weight excluding hydrogens is 263 g/mol. The first-order valence-corrected chi connectivity index (χ1v) is 6.08. The van der Waals surface area contributed by atoms with Gasteiger partial charge in [0.05, 0.1) is 19.8 Å². The Morgan fingerprint density at radius 2 is 2.18 bits per heavy atom. The highest BCUT2D eigenvalue weighted by molar-refractivity contribution is 6.35. The normalized spacial score (nSPS) is 20.2. The molecule has 0 bridgehead atoms. The van der Waals surface area contributed by atoms with Crippen LogP contribution in [0.1, 0.15) is 5.56 Å². The van der Waals surface area contributed by atoms with Crippen LogP contribution in [0, 0.1) is 0 Å². The van der Waals surface area contributed by atoms with Crippen LogP contribution in [-0.2, 0) is 20.7 Å². The predicted molar refractivity (Wildman–Crippen MR) is 65.7 cm³/mol. The molecule has 3 nitrogen and oxygen atoms in total. The molecule has 1 heterocycles. The van der Waals surface area contributed by atoms with Crippen molar-refractivity contribution < 1.29 is 14.3 Å². The zero-order valence-electron chi connectivity index (χ0n) is 9.12. The van der Waals surface area contributed by atoms with Gasteiger partial charge < -0.3 is 9.47 Å². The number of carbonyl (C=O) groups excluding carboxylic acids is 1. The average molecular weight is 275 g/mol. The second-order valence-electron chi connectivity index (χ2n) is 3.81. The van der Waals surface area contributed by atoms with Crippen LogP contribution < -0.4 is 0 Å². The molecule has 1 unspecified atom stereocenters. The molecule has 0 amide bonds. The highest BCUT2D eigenvalue weighted by Crippen LogP contribution is 2.22. The summed E-state index contributed by atoms with van der Waals surface area (Å²) in [5.74, 6) is -0.0195. The lowest BCUT2D eigenvalue weighted by Crippen LogP contribution is -2.36. The number of ketones is 1. The van der Waals surface area contributed by atoms with Crippen LogP contribution in [0.15, 0.2) is 18.2 Å². The van der Waals surface area contributed by atoms with Crippen molar-refractivity contribution in [3.05, 3.63) is 33.8 Å². The van der Waals surface area contributed by atoms with Crippen molar-refractivity contribution in [1.29, 1.82) is 0 Å². The quantitative estimate of drug-likeness (QED) is 0.850. The first kappa shape index (κ1) is 12.8. The van der Waals surface area contributed by atoms with Crippen LogP contribution in [-0.4, -0.2) is 31.7 Å². The van der Waals surface area contributed by atoms with Crippen molar-refractivity contribution in [3.63, 3.8) is 0 Å². The van der Waals surface area contributed by atoms with E-state index in [2.05, 4.69) is 0 Å². The third kappa shape index (κ3) is 3.42. The topological polar surface area (TPSA) is 35.5 Å². The molecule has 1 fully saturated rings.